The fourth-order valence-electron chi connectivity index (χ4n) is 1.74. The number of unbranched alkanes of at least 4 members (excludes halogenated alkanes) is 3. The SMILES string of the molecule is CCOc1nc(NCCCCCCSC)ccc1N. The molecule has 0 aliphatic rings. The number of nitrogens with two attached hydrogens (primary N) is 1. The van der Waals surface area contributed by atoms with Gasteiger partial charge < -0.3 is 15.8 Å². The van der Waals surface area contributed by atoms with Crippen molar-refractivity contribution in [3.63, 3.8) is 0 Å². The van der Waals surface area contributed by atoms with E-state index in [0.29, 0.717) is 18.2 Å². The van der Waals surface area contributed by atoms with Gasteiger partial charge in [-0.2, -0.15) is 16.7 Å². The Morgan fingerprint density at radius 3 is 2.79 bits per heavy atom. The lowest BCUT2D eigenvalue weighted by atomic mass is 10.2. The van der Waals surface area contributed by atoms with E-state index in [-0.39, 0.29) is 0 Å². The van der Waals surface area contributed by atoms with Crippen LogP contribution in [0.15, 0.2) is 12.1 Å². The van der Waals surface area contributed by atoms with E-state index in [4.69, 9.17) is 10.5 Å². The zero-order chi connectivity index (χ0) is 13.9. The molecule has 0 aliphatic carbocycles. The highest BCUT2D eigenvalue weighted by Crippen LogP contribution is 2.20. The Kier molecular flexibility index (Phi) is 8.21. The van der Waals surface area contributed by atoms with Gasteiger partial charge in [-0.3, -0.25) is 0 Å². The molecule has 19 heavy (non-hydrogen) atoms. The molecule has 0 saturated carbocycles. The molecule has 3 N–H and O–H groups in total. The highest BCUT2D eigenvalue weighted by atomic mass is 32.2. The van der Waals surface area contributed by atoms with E-state index in [2.05, 4.69) is 16.6 Å². The van der Waals surface area contributed by atoms with Crippen LogP contribution in [0.1, 0.15) is 32.6 Å². The molecule has 0 atom stereocenters. The summed E-state index contributed by atoms with van der Waals surface area (Å²) in [5.41, 5.74) is 6.37. The smallest absolute Gasteiger partial charge is 0.239 e. The van der Waals surface area contributed by atoms with Crippen molar-refractivity contribution in [2.24, 2.45) is 0 Å². The first-order valence-electron chi connectivity index (χ1n) is 6.90. The summed E-state index contributed by atoms with van der Waals surface area (Å²) in [7, 11) is 0. The molecule has 1 aromatic rings. The summed E-state index contributed by atoms with van der Waals surface area (Å²) in [5, 5.41) is 3.31. The van der Waals surface area contributed by atoms with E-state index < -0.39 is 0 Å². The molecule has 4 nitrogen and oxygen atoms in total. The van der Waals surface area contributed by atoms with Gasteiger partial charge in [-0.1, -0.05) is 12.8 Å². The highest BCUT2D eigenvalue weighted by molar-refractivity contribution is 7.98. The maximum absolute atomic E-state index is 5.78. The maximum Gasteiger partial charge on any atom is 0.239 e. The van der Waals surface area contributed by atoms with Gasteiger partial charge in [0.2, 0.25) is 5.88 Å². The minimum Gasteiger partial charge on any atom is -0.476 e. The van der Waals surface area contributed by atoms with Crippen molar-refractivity contribution >= 4 is 23.3 Å². The van der Waals surface area contributed by atoms with E-state index in [9.17, 15) is 0 Å². The summed E-state index contributed by atoms with van der Waals surface area (Å²) in [5.74, 6) is 2.62. The second kappa shape index (κ2) is 9.78. The third-order valence-corrected chi connectivity index (χ3v) is 3.45. The molecule has 0 fully saturated rings. The van der Waals surface area contributed by atoms with Gasteiger partial charge in [-0.05, 0) is 43.9 Å². The molecular weight excluding hydrogens is 258 g/mol. The summed E-state index contributed by atoms with van der Waals surface area (Å²) in [6.07, 6.45) is 7.22. The first-order valence-corrected chi connectivity index (χ1v) is 8.29. The summed E-state index contributed by atoms with van der Waals surface area (Å²) >= 11 is 1.92. The van der Waals surface area contributed by atoms with Crippen LogP contribution in [0.5, 0.6) is 5.88 Å². The van der Waals surface area contributed by atoms with Crippen LogP contribution in [-0.4, -0.2) is 30.1 Å². The number of nitrogens with one attached hydrogen (secondary N) is 1. The monoisotopic (exact) mass is 283 g/mol. The Morgan fingerprint density at radius 2 is 2.05 bits per heavy atom. The molecule has 1 rings (SSSR count). The van der Waals surface area contributed by atoms with Crippen LogP contribution in [0.25, 0.3) is 0 Å². The molecule has 108 valence electrons. The van der Waals surface area contributed by atoms with Gasteiger partial charge in [-0.15, -0.1) is 0 Å². The van der Waals surface area contributed by atoms with Crippen LogP contribution < -0.4 is 15.8 Å². The molecule has 0 bridgehead atoms. The van der Waals surface area contributed by atoms with Crippen molar-refractivity contribution in [1.29, 1.82) is 0 Å². The zero-order valence-corrected chi connectivity index (χ0v) is 12.8. The van der Waals surface area contributed by atoms with Crippen molar-refractivity contribution in [3.8, 4) is 5.88 Å². The Hall–Kier alpha value is -1.10. The summed E-state index contributed by atoms with van der Waals surface area (Å²) in [6, 6.07) is 3.73. The number of rotatable bonds is 10. The standard InChI is InChI=1S/C14H25N3OS/c1-3-18-14-12(15)8-9-13(17-14)16-10-6-4-5-7-11-19-2/h8-9H,3-7,10-11,15H2,1-2H3,(H,16,17). The highest BCUT2D eigenvalue weighted by Gasteiger charge is 2.03. The van der Waals surface area contributed by atoms with E-state index in [1.54, 1.807) is 0 Å². The number of aromatic nitrogens is 1. The number of hydrogen-bond acceptors (Lipinski definition) is 5. The molecule has 0 aliphatic heterocycles. The Labute approximate surface area is 120 Å². The second-order valence-corrected chi connectivity index (χ2v) is 5.34. The zero-order valence-electron chi connectivity index (χ0n) is 11.9. The molecular formula is C14H25N3OS. The third-order valence-electron chi connectivity index (χ3n) is 2.75. The van der Waals surface area contributed by atoms with Crippen LogP contribution in [0.4, 0.5) is 11.5 Å². The Balaban J connectivity index is 2.23. The minimum absolute atomic E-state index is 0.521. The van der Waals surface area contributed by atoms with E-state index >= 15 is 0 Å². The second-order valence-electron chi connectivity index (χ2n) is 4.36. The normalized spacial score (nSPS) is 10.4. The topological polar surface area (TPSA) is 60.2 Å². The molecule has 1 aromatic heterocycles. The van der Waals surface area contributed by atoms with Crippen molar-refractivity contribution < 1.29 is 4.74 Å². The average Bonchev–Trinajstić information content (AvgIpc) is 2.41. The quantitative estimate of drug-likeness (QED) is 0.644. The molecule has 5 heteroatoms. The summed E-state index contributed by atoms with van der Waals surface area (Å²) in [6.45, 7) is 3.45. The van der Waals surface area contributed by atoms with Crippen LogP contribution in [0, 0.1) is 0 Å². The van der Waals surface area contributed by atoms with Gasteiger partial charge in [0.05, 0.1) is 12.3 Å². The minimum atomic E-state index is 0.521. The van der Waals surface area contributed by atoms with Crippen molar-refractivity contribution in [2.45, 2.75) is 32.6 Å². The summed E-state index contributed by atoms with van der Waals surface area (Å²) < 4.78 is 5.37. The Morgan fingerprint density at radius 1 is 1.26 bits per heavy atom. The molecule has 0 unspecified atom stereocenters. The fraction of sp³-hybridized carbons (Fsp3) is 0.643. The van der Waals surface area contributed by atoms with Crippen LogP contribution >= 0.6 is 11.8 Å². The molecule has 0 radical (unpaired) electrons. The van der Waals surface area contributed by atoms with Gasteiger partial charge in [0.1, 0.15) is 5.82 Å². The predicted octanol–water partition coefficient (Wildman–Crippen LogP) is 3.40. The van der Waals surface area contributed by atoms with Crippen LogP contribution in [-0.2, 0) is 0 Å². The van der Waals surface area contributed by atoms with E-state index in [0.717, 1.165) is 12.4 Å². The molecule has 0 spiro atoms. The third kappa shape index (κ3) is 6.57. The fourth-order valence-corrected chi connectivity index (χ4v) is 2.24. The van der Waals surface area contributed by atoms with Gasteiger partial charge in [0.25, 0.3) is 0 Å². The number of anilines is 2. The molecule has 0 saturated heterocycles. The average molecular weight is 283 g/mol. The predicted molar refractivity (Wildman–Crippen MR) is 85.2 cm³/mol. The molecule has 0 amide bonds. The molecule has 1 heterocycles. The van der Waals surface area contributed by atoms with Gasteiger partial charge in [-0.25, -0.2) is 0 Å². The number of nitrogens with zero attached hydrogens (tertiary/aromatic N) is 1. The number of hydrogen-bond donors (Lipinski definition) is 2. The number of nitrogen functional groups attached to an aromatic ring is 1. The van der Waals surface area contributed by atoms with Crippen molar-refractivity contribution in [2.75, 3.05) is 36.2 Å². The molecule has 0 aromatic carbocycles. The summed E-state index contributed by atoms with van der Waals surface area (Å²) in [4.78, 5) is 4.35. The number of pyridine rings is 1. The van der Waals surface area contributed by atoms with E-state index in [1.807, 2.05) is 30.8 Å². The van der Waals surface area contributed by atoms with Crippen LogP contribution in [0.3, 0.4) is 0 Å². The lowest BCUT2D eigenvalue weighted by Crippen LogP contribution is -2.06. The lowest BCUT2D eigenvalue weighted by Gasteiger charge is -2.09. The Bertz CT molecular complexity index is 361. The first-order chi connectivity index (χ1) is 9.27. The van der Waals surface area contributed by atoms with Gasteiger partial charge in [0, 0.05) is 6.54 Å². The maximum atomic E-state index is 5.78. The largest absolute Gasteiger partial charge is 0.476 e. The van der Waals surface area contributed by atoms with Gasteiger partial charge >= 0.3 is 0 Å². The van der Waals surface area contributed by atoms with Crippen LogP contribution in [0.2, 0.25) is 0 Å². The van der Waals surface area contributed by atoms with Crippen molar-refractivity contribution in [3.05, 3.63) is 12.1 Å². The number of thioether (sulfide) groups is 1. The lowest BCUT2D eigenvalue weighted by molar-refractivity contribution is 0.329. The number of ether oxygens (including phenoxy) is 1. The van der Waals surface area contributed by atoms with Crippen molar-refractivity contribution in [1.82, 2.24) is 4.98 Å². The van der Waals surface area contributed by atoms with Gasteiger partial charge in [0.15, 0.2) is 0 Å². The first kappa shape index (κ1) is 16.0. The van der Waals surface area contributed by atoms with E-state index in [1.165, 1.54) is 31.4 Å².